The summed E-state index contributed by atoms with van der Waals surface area (Å²) in [6.45, 7) is 1.38. The first-order valence-electron chi connectivity index (χ1n) is 5.25. The van der Waals surface area contributed by atoms with Crippen LogP contribution in [0.3, 0.4) is 0 Å². The van der Waals surface area contributed by atoms with Crippen LogP contribution < -0.4 is 0 Å². The molecule has 0 aromatic carbocycles. The first-order valence-corrected chi connectivity index (χ1v) is 5.25. The molecule has 0 aromatic rings. The molecule has 2 fully saturated rings. The van der Waals surface area contributed by atoms with E-state index in [1.807, 2.05) is 14.1 Å². The van der Waals surface area contributed by atoms with Crippen molar-refractivity contribution in [3.05, 3.63) is 0 Å². The van der Waals surface area contributed by atoms with Gasteiger partial charge in [-0.1, -0.05) is 0 Å². The molecule has 0 bridgehead atoms. The molecule has 0 radical (unpaired) electrons. The summed E-state index contributed by atoms with van der Waals surface area (Å²) in [5.41, 5.74) is 0. The topological polar surface area (TPSA) is 41.9 Å². The molecular formula is C10H19NO3. The second-order valence-electron chi connectivity index (χ2n) is 4.45. The second-order valence-corrected chi connectivity index (χ2v) is 4.45. The van der Waals surface area contributed by atoms with Gasteiger partial charge >= 0.3 is 0 Å². The zero-order valence-corrected chi connectivity index (χ0v) is 8.90. The van der Waals surface area contributed by atoms with Gasteiger partial charge in [-0.25, -0.2) is 0 Å². The monoisotopic (exact) mass is 201 g/mol. The van der Waals surface area contributed by atoms with Crippen molar-refractivity contribution in [1.29, 1.82) is 0 Å². The summed E-state index contributed by atoms with van der Waals surface area (Å²) in [7, 11) is 3.98. The van der Waals surface area contributed by atoms with Crippen LogP contribution in [0.1, 0.15) is 19.3 Å². The fourth-order valence-corrected chi connectivity index (χ4v) is 2.40. The van der Waals surface area contributed by atoms with Crippen molar-refractivity contribution in [3.63, 3.8) is 0 Å². The van der Waals surface area contributed by atoms with Crippen LogP contribution >= 0.6 is 0 Å². The number of likely N-dealkylation sites (N-methyl/N-ethyl adjacent to an activating group) is 1. The Morgan fingerprint density at radius 3 is 2.50 bits per heavy atom. The largest absolute Gasteiger partial charge is 0.391 e. The minimum Gasteiger partial charge on any atom is -0.391 e. The van der Waals surface area contributed by atoms with Crippen molar-refractivity contribution < 1.29 is 14.6 Å². The van der Waals surface area contributed by atoms with E-state index in [0.29, 0.717) is 13.2 Å². The van der Waals surface area contributed by atoms with Crippen molar-refractivity contribution in [2.45, 2.75) is 37.2 Å². The van der Waals surface area contributed by atoms with Gasteiger partial charge in [0.2, 0.25) is 0 Å². The molecular weight excluding hydrogens is 182 g/mol. The third-order valence-electron chi connectivity index (χ3n) is 3.26. The highest BCUT2D eigenvalue weighted by Crippen LogP contribution is 2.37. The van der Waals surface area contributed by atoms with E-state index in [1.165, 1.54) is 0 Å². The molecule has 1 spiro atoms. The Balaban J connectivity index is 2.04. The zero-order chi connectivity index (χ0) is 10.2. The maximum atomic E-state index is 9.83. The van der Waals surface area contributed by atoms with Crippen LogP contribution in [0.2, 0.25) is 0 Å². The minimum absolute atomic E-state index is 0.154. The first-order chi connectivity index (χ1) is 6.63. The molecule has 1 saturated heterocycles. The highest BCUT2D eigenvalue weighted by molar-refractivity contribution is 4.91. The van der Waals surface area contributed by atoms with Gasteiger partial charge in [-0.3, -0.25) is 0 Å². The van der Waals surface area contributed by atoms with Crippen LogP contribution in [0.25, 0.3) is 0 Å². The molecule has 14 heavy (non-hydrogen) atoms. The van der Waals surface area contributed by atoms with E-state index < -0.39 is 5.79 Å². The minimum atomic E-state index is -0.395. The van der Waals surface area contributed by atoms with Gasteiger partial charge in [0.05, 0.1) is 19.3 Å². The predicted molar refractivity (Wildman–Crippen MR) is 52.0 cm³/mol. The predicted octanol–water partition coefficient (Wildman–Crippen LogP) is 0.204. The summed E-state index contributed by atoms with van der Waals surface area (Å²) in [6, 6.07) is 0.154. The van der Waals surface area contributed by atoms with Gasteiger partial charge in [0.1, 0.15) is 0 Å². The van der Waals surface area contributed by atoms with Crippen molar-refractivity contribution in [2.24, 2.45) is 0 Å². The van der Waals surface area contributed by atoms with E-state index in [9.17, 15) is 5.11 Å². The van der Waals surface area contributed by atoms with E-state index >= 15 is 0 Å². The van der Waals surface area contributed by atoms with E-state index in [1.54, 1.807) is 0 Å². The number of hydrogen-bond acceptors (Lipinski definition) is 4. The van der Waals surface area contributed by atoms with Crippen molar-refractivity contribution in [3.8, 4) is 0 Å². The van der Waals surface area contributed by atoms with E-state index in [2.05, 4.69) is 4.90 Å². The summed E-state index contributed by atoms with van der Waals surface area (Å²) >= 11 is 0. The molecule has 0 amide bonds. The highest BCUT2D eigenvalue weighted by atomic mass is 16.7. The fourth-order valence-electron chi connectivity index (χ4n) is 2.40. The molecule has 4 heteroatoms. The van der Waals surface area contributed by atoms with Crippen LogP contribution in [-0.2, 0) is 9.47 Å². The molecule has 2 rings (SSSR count). The highest BCUT2D eigenvalue weighted by Gasteiger charge is 2.45. The normalized spacial score (nSPS) is 36.9. The van der Waals surface area contributed by atoms with Crippen molar-refractivity contribution in [1.82, 2.24) is 4.90 Å². The summed E-state index contributed by atoms with van der Waals surface area (Å²) in [5, 5.41) is 9.83. The zero-order valence-electron chi connectivity index (χ0n) is 8.90. The Labute approximate surface area is 84.8 Å². The lowest BCUT2D eigenvalue weighted by Gasteiger charge is -2.41. The number of hydrogen-bond donors (Lipinski definition) is 1. The molecule has 82 valence electrons. The van der Waals surface area contributed by atoms with Crippen molar-refractivity contribution in [2.75, 3.05) is 27.3 Å². The van der Waals surface area contributed by atoms with Gasteiger partial charge in [-0.05, 0) is 20.5 Å². The van der Waals surface area contributed by atoms with E-state index in [-0.39, 0.29) is 12.1 Å². The van der Waals surface area contributed by atoms with Gasteiger partial charge in [-0.2, -0.15) is 0 Å². The summed E-state index contributed by atoms with van der Waals surface area (Å²) < 4.78 is 11.3. The molecule has 1 aliphatic heterocycles. The summed E-state index contributed by atoms with van der Waals surface area (Å²) in [5.74, 6) is -0.395. The van der Waals surface area contributed by atoms with Gasteiger partial charge in [-0.15, -0.1) is 0 Å². The van der Waals surface area contributed by atoms with Crippen molar-refractivity contribution >= 4 is 0 Å². The lowest BCUT2D eigenvalue weighted by Crippen LogP contribution is -2.51. The molecule has 0 aromatic heterocycles. The molecule has 1 aliphatic carbocycles. The number of nitrogens with zero attached hydrogens (tertiary/aromatic N) is 1. The Morgan fingerprint density at radius 2 is 1.93 bits per heavy atom. The lowest BCUT2D eigenvalue weighted by molar-refractivity contribution is -0.202. The Kier molecular flexibility index (Phi) is 2.79. The summed E-state index contributed by atoms with van der Waals surface area (Å²) in [4.78, 5) is 2.05. The Hall–Kier alpha value is -0.160. The van der Waals surface area contributed by atoms with Crippen LogP contribution in [0.15, 0.2) is 0 Å². The third-order valence-corrected chi connectivity index (χ3v) is 3.26. The van der Waals surface area contributed by atoms with Gasteiger partial charge in [0.15, 0.2) is 5.79 Å². The van der Waals surface area contributed by atoms with Crippen LogP contribution in [0.5, 0.6) is 0 Å². The van der Waals surface area contributed by atoms with Gasteiger partial charge in [0.25, 0.3) is 0 Å². The SMILES string of the molecule is CN(C)[C@@H]1CC2(CC[C@H]1O)OCCO2. The Bertz CT molecular complexity index is 202. The molecule has 1 saturated carbocycles. The second kappa shape index (κ2) is 3.77. The average molecular weight is 201 g/mol. The first kappa shape index (κ1) is 10.4. The fraction of sp³-hybridized carbons (Fsp3) is 1.00. The van der Waals surface area contributed by atoms with Crippen LogP contribution in [-0.4, -0.2) is 55.2 Å². The lowest BCUT2D eigenvalue weighted by atomic mass is 9.87. The van der Waals surface area contributed by atoms with Gasteiger partial charge in [0, 0.05) is 18.9 Å². The smallest absolute Gasteiger partial charge is 0.170 e. The van der Waals surface area contributed by atoms with Gasteiger partial charge < -0.3 is 19.5 Å². The third kappa shape index (κ3) is 1.80. The van der Waals surface area contributed by atoms with E-state index in [4.69, 9.17) is 9.47 Å². The molecule has 1 N–H and O–H groups in total. The molecule has 2 atom stereocenters. The quantitative estimate of drug-likeness (QED) is 0.658. The average Bonchev–Trinajstić information content (AvgIpc) is 2.58. The van der Waals surface area contributed by atoms with Crippen LogP contribution in [0.4, 0.5) is 0 Å². The molecule has 4 nitrogen and oxygen atoms in total. The maximum absolute atomic E-state index is 9.83. The molecule has 2 aliphatic rings. The number of rotatable bonds is 1. The number of aliphatic hydroxyl groups excluding tert-OH is 1. The standard InChI is InChI=1S/C10H19NO3/c1-11(2)8-7-10(4-3-9(8)12)13-5-6-14-10/h8-9,12H,3-7H2,1-2H3/t8-,9-/m1/s1. The van der Waals surface area contributed by atoms with E-state index in [0.717, 1.165) is 19.3 Å². The molecule has 1 heterocycles. The summed E-state index contributed by atoms with van der Waals surface area (Å²) in [6.07, 6.45) is 2.12. The number of ether oxygens (including phenoxy) is 2. The molecule has 0 unspecified atom stereocenters. The van der Waals surface area contributed by atoms with Crippen LogP contribution in [0, 0.1) is 0 Å². The number of aliphatic hydroxyl groups is 1. The maximum Gasteiger partial charge on any atom is 0.170 e. The Morgan fingerprint density at radius 1 is 1.29 bits per heavy atom.